The van der Waals surface area contributed by atoms with E-state index in [1.54, 1.807) is 0 Å². The first-order chi connectivity index (χ1) is 3.27. The second-order valence-electron chi connectivity index (χ2n) is 0.987. The van der Waals surface area contributed by atoms with Crippen molar-refractivity contribution in [2.45, 2.75) is 6.92 Å². The summed E-state index contributed by atoms with van der Waals surface area (Å²) in [5.74, 6) is -0.179. The predicted molar refractivity (Wildman–Crippen MR) is 24.0 cm³/mol. The summed E-state index contributed by atoms with van der Waals surface area (Å²) in [6, 6.07) is 0. The smallest absolute Gasteiger partial charge is 0.232 e. The molecule has 0 aliphatic carbocycles. The minimum absolute atomic E-state index is 0.179. The fourth-order valence-electron chi connectivity index (χ4n) is 0.123. The lowest BCUT2D eigenvalue weighted by molar-refractivity contribution is -0.123. The maximum Gasteiger partial charge on any atom is 0.232 e. The summed E-state index contributed by atoms with van der Waals surface area (Å²) in [4.78, 5) is 14.2. The van der Waals surface area contributed by atoms with Crippen LogP contribution >= 0.6 is 0 Å². The van der Waals surface area contributed by atoms with Crippen molar-refractivity contribution in [3.63, 3.8) is 0 Å². The van der Waals surface area contributed by atoms with Crippen LogP contribution in [0.2, 0.25) is 0 Å². The van der Waals surface area contributed by atoms with Gasteiger partial charge in [-0.3, -0.25) is 15.1 Å². The van der Waals surface area contributed by atoms with Gasteiger partial charge in [0.2, 0.25) is 5.91 Å². The SMILES string of the molecule is CONNC(C)=O. The molecule has 0 fully saturated rings. The molecule has 0 aromatic heterocycles. The standard InChI is InChI=1S/C3H8N2O2/c1-3(6)4-5-7-2/h5H,1-2H3,(H,4,6). The van der Waals surface area contributed by atoms with Crippen molar-refractivity contribution in [3.05, 3.63) is 0 Å². The van der Waals surface area contributed by atoms with Crippen molar-refractivity contribution in [1.82, 2.24) is 11.0 Å². The Morgan fingerprint density at radius 1 is 1.71 bits per heavy atom. The third kappa shape index (κ3) is 5.39. The molecule has 0 heterocycles. The van der Waals surface area contributed by atoms with Crippen LogP contribution in [-0.4, -0.2) is 13.0 Å². The van der Waals surface area contributed by atoms with E-state index in [2.05, 4.69) is 15.9 Å². The van der Waals surface area contributed by atoms with Crippen LogP contribution in [0, 0.1) is 0 Å². The van der Waals surface area contributed by atoms with Gasteiger partial charge in [-0.15, -0.1) is 5.59 Å². The summed E-state index contributed by atoms with van der Waals surface area (Å²) in [6.45, 7) is 1.38. The Balaban J connectivity index is 2.82. The van der Waals surface area contributed by atoms with Gasteiger partial charge in [-0.1, -0.05) is 0 Å². The van der Waals surface area contributed by atoms with Crippen molar-refractivity contribution in [2.24, 2.45) is 0 Å². The van der Waals surface area contributed by atoms with Crippen LogP contribution in [0.25, 0.3) is 0 Å². The molecule has 4 nitrogen and oxygen atoms in total. The Morgan fingerprint density at radius 2 is 2.29 bits per heavy atom. The zero-order valence-electron chi connectivity index (χ0n) is 4.32. The van der Waals surface area contributed by atoms with E-state index in [1.165, 1.54) is 14.0 Å². The van der Waals surface area contributed by atoms with E-state index in [9.17, 15) is 4.79 Å². The molecule has 0 saturated carbocycles. The minimum Gasteiger partial charge on any atom is -0.286 e. The summed E-state index contributed by atoms with van der Waals surface area (Å²) < 4.78 is 0. The van der Waals surface area contributed by atoms with Crippen LogP contribution in [0.15, 0.2) is 0 Å². The molecule has 0 unspecified atom stereocenters. The monoisotopic (exact) mass is 104 g/mol. The van der Waals surface area contributed by atoms with E-state index in [4.69, 9.17) is 0 Å². The lowest BCUT2D eigenvalue weighted by Crippen LogP contribution is -2.34. The molecular formula is C3H8N2O2. The van der Waals surface area contributed by atoms with E-state index >= 15 is 0 Å². The number of nitrogens with one attached hydrogen (secondary N) is 2. The number of hydrogen-bond acceptors (Lipinski definition) is 3. The van der Waals surface area contributed by atoms with Crippen LogP contribution in [0.1, 0.15) is 6.92 Å². The van der Waals surface area contributed by atoms with Crippen LogP contribution in [0.3, 0.4) is 0 Å². The number of hydrogen-bond donors (Lipinski definition) is 2. The normalized spacial score (nSPS) is 8.29. The quantitative estimate of drug-likeness (QED) is 0.450. The number of carbonyl (C=O) groups is 1. The first kappa shape index (κ1) is 6.39. The van der Waals surface area contributed by atoms with Crippen LogP contribution in [0.5, 0.6) is 0 Å². The molecule has 0 saturated heterocycles. The molecule has 0 aromatic carbocycles. The molecular weight excluding hydrogens is 96.0 g/mol. The number of amides is 1. The average molecular weight is 104 g/mol. The van der Waals surface area contributed by atoms with Gasteiger partial charge in [-0.05, 0) is 0 Å². The molecule has 7 heavy (non-hydrogen) atoms. The van der Waals surface area contributed by atoms with E-state index in [1.807, 2.05) is 0 Å². The Bertz CT molecular complexity index is 64.0. The summed E-state index contributed by atoms with van der Waals surface area (Å²) in [7, 11) is 1.41. The minimum atomic E-state index is -0.179. The molecule has 1 amide bonds. The van der Waals surface area contributed by atoms with Gasteiger partial charge in [0.25, 0.3) is 0 Å². The molecule has 0 aliphatic rings. The molecule has 0 aliphatic heterocycles. The van der Waals surface area contributed by atoms with Crippen molar-refractivity contribution < 1.29 is 9.63 Å². The average Bonchev–Trinajstić information content (AvgIpc) is 1.61. The maximum atomic E-state index is 9.95. The second kappa shape index (κ2) is 3.58. The van der Waals surface area contributed by atoms with Gasteiger partial charge >= 0.3 is 0 Å². The zero-order chi connectivity index (χ0) is 5.70. The number of carbonyl (C=O) groups excluding carboxylic acids is 1. The highest BCUT2D eigenvalue weighted by molar-refractivity contribution is 5.72. The van der Waals surface area contributed by atoms with Crippen molar-refractivity contribution in [3.8, 4) is 0 Å². The van der Waals surface area contributed by atoms with E-state index in [0.29, 0.717) is 0 Å². The molecule has 0 spiro atoms. The maximum absolute atomic E-state index is 9.95. The molecule has 4 heteroatoms. The molecule has 0 bridgehead atoms. The van der Waals surface area contributed by atoms with E-state index in [-0.39, 0.29) is 5.91 Å². The first-order valence-corrected chi connectivity index (χ1v) is 1.82. The molecule has 0 rings (SSSR count). The Hall–Kier alpha value is -0.610. The van der Waals surface area contributed by atoms with E-state index < -0.39 is 0 Å². The third-order valence-electron chi connectivity index (χ3n) is 0.329. The highest BCUT2D eigenvalue weighted by atomic mass is 16.7. The van der Waals surface area contributed by atoms with Gasteiger partial charge in [0.1, 0.15) is 0 Å². The molecule has 2 N–H and O–H groups in total. The molecule has 0 atom stereocenters. The Kier molecular flexibility index (Phi) is 3.26. The fraction of sp³-hybridized carbons (Fsp3) is 0.667. The highest BCUT2D eigenvalue weighted by Crippen LogP contribution is 1.50. The van der Waals surface area contributed by atoms with E-state index in [0.717, 1.165) is 0 Å². The summed E-state index contributed by atoms with van der Waals surface area (Å²) >= 11 is 0. The van der Waals surface area contributed by atoms with Crippen LogP contribution in [0.4, 0.5) is 0 Å². The van der Waals surface area contributed by atoms with Crippen molar-refractivity contribution in [2.75, 3.05) is 7.11 Å². The van der Waals surface area contributed by atoms with Gasteiger partial charge in [0, 0.05) is 6.92 Å². The fourth-order valence-corrected chi connectivity index (χ4v) is 0.123. The van der Waals surface area contributed by atoms with Gasteiger partial charge in [0.05, 0.1) is 7.11 Å². The van der Waals surface area contributed by atoms with Gasteiger partial charge in [-0.25, -0.2) is 0 Å². The summed E-state index contributed by atoms with van der Waals surface area (Å²) in [5, 5.41) is 0. The number of rotatable bonds is 2. The lowest BCUT2D eigenvalue weighted by Gasteiger charge is -1.97. The predicted octanol–water partition coefficient (Wildman–Crippen LogP) is -0.812. The lowest BCUT2D eigenvalue weighted by atomic mass is 10.8. The zero-order valence-corrected chi connectivity index (χ0v) is 4.32. The van der Waals surface area contributed by atoms with Crippen molar-refractivity contribution in [1.29, 1.82) is 0 Å². The van der Waals surface area contributed by atoms with Crippen LogP contribution < -0.4 is 11.0 Å². The van der Waals surface area contributed by atoms with Gasteiger partial charge < -0.3 is 0 Å². The van der Waals surface area contributed by atoms with Crippen LogP contribution in [-0.2, 0) is 9.63 Å². The topological polar surface area (TPSA) is 50.4 Å². The van der Waals surface area contributed by atoms with Crippen molar-refractivity contribution >= 4 is 5.91 Å². The summed E-state index contributed by atoms with van der Waals surface area (Å²) in [6.07, 6.45) is 0. The summed E-state index contributed by atoms with van der Waals surface area (Å²) in [5.41, 5.74) is 4.33. The highest BCUT2D eigenvalue weighted by Gasteiger charge is 1.81. The Morgan fingerprint density at radius 3 is 2.43 bits per heavy atom. The number of hydrazine groups is 1. The molecule has 0 radical (unpaired) electrons. The van der Waals surface area contributed by atoms with Gasteiger partial charge in [-0.2, -0.15) is 0 Å². The molecule has 0 aromatic rings. The second-order valence-corrected chi connectivity index (χ2v) is 0.987. The van der Waals surface area contributed by atoms with Gasteiger partial charge in [0.15, 0.2) is 0 Å². The Labute approximate surface area is 41.8 Å². The molecule has 42 valence electrons. The third-order valence-corrected chi connectivity index (χ3v) is 0.329. The first-order valence-electron chi connectivity index (χ1n) is 1.82. The largest absolute Gasteiger partial charge is 0.286 e.